The number of nitrogens with zero attached hydrogens (tertiary/aromatic N) is 2. The molecule has 2 atom stereocenters. The molecule has 1 aliphatic rings. The standard InChI is InChI=1S/C18H27N3/c1-4-21(5-2)13-12-20-18(14-19)11-10-15(3)16-8-6-7-9-17(16)18/h6-9,15,20H,4-5,10-13H2,1-3H3. The van der Waals surface area contributed by atoms with E-state index in [0.29, 0.717) is 5.92 Å². The Labute approximate surface area is 129 Å². The highest BCUT2D eigenvalue weighted by molar-refractivity contribution is 5.42. The van der Waals surface area contributed by atoms with Crippen molar-refractivity contribution in [2.24, 2.45) is 0 Å². The third kappa shape index (κ3) is 3.28. The van der Waals surface area contributed by atoms with E-state index in [-0.39, 0.29) is 0 Å². The first-order valence-corrected chi connectivity index (χ1v) is 8.15. The smallest absolute Gasteiger partial charge is 0.132 e. The molecule has 0 heterocycles. The van der Waals surface area contributed by atoms with E-state index in [1.165, 1.54) is 11.1 Å². The van der Waals surface area contributed by atoms with Gasteiger partial charge in [0.1, 0.15) is 5.54 Å². The largest absolute Gasteiger partial charge is 0.303 e. The highest BCUT2D eigenvalue weighted by Gasteiger charge is 2.38. The summed E-state index contributed by atoms with van der Waals surface area (Å²) in [5, 5.41) is 13.4. The lowest BCUT2D eigenvalue weighted by atomic mass is 9.73. The molecule has 1 aromatic rings. The van der Waals surface area contributed by atoms with E-state index in [0.717, 1.165) is 39.0 Å². The Hall–Kier alpha value is -1.37. The zero-order valence-electron chi connectivity index (χ0n) is 13.5. The van der Waals surface area contributed by atoms with Crippen LogP contribution in [0.25, 0.3) is 0 Å². The molecule has 0 saturated heterocycles. The Kier molecular flexibility index (Phi) is 5.39. The van der Waals surface area contributed by atoms with Crippen molar-refractivity contribution in [3.8, 4) is 6.07 Å². The third-order valence-electron chi connectivity index (χ3n) is 4.84. The Morgan fingerprint density at radius 1 is 1.33 bits per heavy atom. The van der Waals surface area contributed by atoms with E-state index in [1.54, 1.807) is 0 Å². The summed E-state index contributed by atoms with van der Waals surface area (Å²) < 4.78 is 0. The zero-order valence-corrected chi connectivity index (χ0v) is 13.5. The normalized spacial score (nSPS) is 24.6. The third-order valence-corrected chi connectivity index (χ3v) is 4.84. The minimum atomic E-state index is -0.504. The van der Waals surface area contributed by atoms with Crippen molar-refractivity contribution in [3.63, 3.8) is 0 Å². The predicted octanol–water partition coefficient (Wildman–Crippen LogP) is 3.23. The molecule has 2 unspecified atom stereocenters. The monoisotopic (exact) mass is 285 g/mol. The molecule has 0 fully saturated rings. The molecule has 2 rings (SSSR count). The Morgan fingerprint density at radius 3 is 2.71 bits per heavy atom. The van der Waals surface area contributed by atoms with Crippen LogP contribution in [-0.4, -0.2) is 31.1 Å². The summed E-state index contributed by atoms with van der Waals surface area (Å²) in [6.07, 6.45) is 1.97. The Balaban J connectivity index is 2.15. The van der Waals surface area contributed by atoms with Gasteiger partial charge in [0.05, 0.1) is 6.07 Å². The van der Waals surface area contributed by atoms with Crippen LogP contribution in [0.1, 0.15) is 50.7 Å². The molecule has 0 radical (unpaired) electrons. The van der Waals surface area contributed by atoms with Gasteiger partial charge in [0, 0.05) is 13.1 Å². The molecule has 3 nitrogen and oxygen atoms in total. The predicted molar refractivity (Wildman–Crippen MR) is 87.2 cm³/mol. The van der Waals surface area contributed by atoms with Crippen LogP contribution < -0.4 is 5.32 Å². The van der Waals surface area contributed by atoms with Crippen molar-refractivity contribution < 1.29 is 0 Å². The van der Waals surface area contributed by atoms with Crippen molar-refractivity contribution in [1.29, 1.82) is 5.26 Å². The van der Waals surface area contributed by atoms with Gasteiger partial charge in [0.25, 0.3) is 0 Å². The summed E-state index contributed by atoms with van der Waals surface area (Å²) in [6.45, 7) is 10.6. The quantitative estimate of drug-likeness (QED) is 0.872. The van der Waals surface area contributed by atoms with E-state index < -0.39 is 5.54 Å². The van der Waals surface area contributed by atoms with E-state index in [2.05, 4.69) is 61.3 Å². The lowest BCUT2D eigenvalue weighted by molar-refractivity contribution is 0.274. The van der Waals surface area contributed by atoms with E-state index >= 15 is 0 Å². The first-order valence-electron chi connectivity index (χ1n) is 8.15. The van der Waals surface area contributed by atoms with Gasteiger partial charge in [0.2, 0.25) is 0 Å². The van der Waals surface area contributed by atoms with Gasteiger partial charge in [-0.05, 0) is 43.0 Å². The van der Waals surface area contributed by atoms with Crippen LogP contribution in [0.3, 0.4) is 0 Å². The summed E-state index contributed by atoms with van der Waals surface area (Å²) >= 11 is 0. The van der Waals surface area contributed by atoms with Gasteiger partial charge >= 0.3 is 0 Å². The maximum Gasteiger partial charge on any atom is 0.132 e. The molecule has 1 N–H and O–H groups in total. The first kappa shape index (κ1) is 16.0. The van der Waals surface area contributed by atoms with Crippen molar-refractivity contribution >= 4 is 0 Å². The van der Waals surface area contributed by atoms with Crippen LogP contribution in [0.4, 0.5) is 0 Å². The molecule has 1 aliphatic carbocycles. The molecule has 0 bridgehead atoms. The van der Waals surface area contributed by atoms with Crippen molar-refractivity contribution in [3.05, 3.63) is 35.4 Å². The van der Waals surface area contributed by atoms with Crippen LogP contribution in [0, 0.1) is 11.3 Å². The molecule has 1 aromatic carbocycles. The number of hydrogen-bond acceptors (Lipinski definition) is 3. The first-order chi connectivity index (χ1) is 10.2. The summed E-state index contributed by atoms with van der Waals surface area (Å²) in [5.74, 6) is 0.548. The maximum atomic E-state index is 9.83. The Morgan fingerprint density at radius 2 is 2.05 bits per heavy atom. The molecule has 21 heavy (non-hydrogen) atoms. The number of nitrogens with one attached hydrogen (secondary N) is 1. The minimum Gasteiger partial charge on any atom is -0.303 e. The van der Waals surface area contributed by atoms with Crippen LogP contribution in [0.15, 0.2) is 24.3 Å². The van der Waals surface area contributed by atoms with Gasteiger partial charge in [-0.2, -0.15) is 5.26 Å². The Bertz CT molecular complexity index is 501. The zero-order chi connectivity index (χ0) is 15.3. The maximum absolute atomic E-state index is 9.83. The van der Waals surface area contributed by atoms with Gasteiger partial charge in [-0.3, -0.25) is 5.32 Å². The average molecular weight is 285 g/mol. The molecule has 0 amide bonds. The molecule has 3 heteroatoms. The second-order valence-electron chi connectivity index (χ2n) is 6.00. The van der Waals surface area contributed by atoms with Gasteiger partial charge in [0.15, 0.2) is 0 Å². The summed E-state index contributed by atoms with van der Waals surface area (Å²) in [5.41, 5.74) is 2.02. The fraction of sp³-hybridized carbons (Fsp3) is 0.611. The lowest BCUT2D eigenvalue weighted by Crippen LogP contribution is -2.47. The number of rotatable bonds is 6. The second-order valence-corrected chi connectivity index (χ2v) is 6.00. The van der Waals surface area contributed by atoms with Crippen molar-refractivity contribution in [2.75, 3.05) is 26.2 Å². The molecular weight excluding hydrogens is 258 g/mol. The van der Waals surface area contributed by atoms with Gasteiger partial charge in [-0.1, -0.05) is 45.0 Å². The molecule has 0 aromatic heterocycles. The fourth-order valence-electron chi connectivity index (χ4n) is 3.35. The summed E-state index contributed by atoms with van der Waals surface area (Å²) in [6, 6.07) is 11.0. The molecular formula is C18H27N3. The van der Waals surface area contributed by atoms with Crippen molar-refractivity contribution in [1.82, 2.24) is 10.2 Å². The summed E-state index contributed by atoms with van der Waals surface area (Å²) in [7, 11) is 0. The summed E-state index contributed by atoms with van der Waals surface area (Å²) in [4.78, 5) is 2.38. The van der Waals surface area contributed by atoms with Crippen molar-refractivity contribution in [2.45, 2.75) is 45.1 Å². The number of benzene rings is 1. The number of fused-ring (bicyclic) bond motifs is 1. The van der Waals surface area contributed by atoms with Gasteiger partial charge in [-0.25, -0.2) is 0 Å². The van der Waals surface area contributed by atoms with E-state index in [9.17, 15) is 5.26 Å². The average Bonchev–Trinajstić information content (AvgIpc) is 2.54. The second kappa shape index (κ2) is 7.06. The highest BCUT2D eigenvalue weighted by Crippen LogP contribution is 2.40. The number of likely N-dealkylation sites (N-methyl/N-ethyl adjacent to an activating group) is 1. The minimum absolute atomic E-state index is 0.504. The van der Waals surface area contributed by atoms with E-state index in [4.69, 9.17) is 0 Å². The topological polar surface area (TPSA) is 39.1 Å². The highest BCUT2D eigenvalue weighted by atomic mass is 15.1. The van der Waals surface area contributed by atoms with Crippen LogP contribution in [-0.2, 0) is 5.54 Å². The van der Waals surface area contributed by atoms with E-state index in [1.807, 2.05) is 0 Å². The lowest BCUT2D eigenvalue weighted by Gasteiger charge is -2.37. The van der Waals surface area contributed by atoms with Crippen LogP contribution >= 0.6 is 0 Å². The molecule has 0 spiro atoms. The SMILES string of the molecule is CCN(CC)CCNC1(C#N)CCC(C)c2ccccc21. The van der Waals surface area contributed by atoms with Crippen LogP contribution in [0.2, 0.25) is 0 Å². The van der Waals surface area contributed by atoms with Gasteiger partial charge < -0.3 is 4.90 Å². The fourth-order valence-corrected chi connectivity index (χ4v) is 3.35. The molecule has 0 saturated carbocycles. The van der Waals surface area contributed by atoms with Crippen LogP contribution in [0.5, 0.6) is 0 Å². The number of nitriles is 1. The number of hydrogen-bond donors (Lipinski definition) is 1. The molecule has 114 valence electrons. The van der Waals surface area contributed by atoms with Gasteiger partial charge in [-0.15, -0.1) is 0 Å². The molecule has 0 aliphatic heterocycles.